The Morgan fingerprint density at radius 2 is 1.74 bits per heavy atom. The van der Waals surface area contributed by atoms with Crippen LogP contribution in [0.1, 0.15) is 5.56 Å². The Hall–Kier alpha value is -1.42. The van der Waals surface area contributed by atoms with Gasteiger partial charge in [0.1, 0.15) is 0 Å². The van der Waals surface area contributed by atoms with E-state index in [9.17, 15) is 8.42 Å². The molecule has 2 saturated heterocycles. The number of rotatable bonds is 2. The zero-order chi connectivity index (χ0) is 13.5. The fourth-order valence-electron chi connectivity index (χ4n) is 2.86. The Balaban J connectivity index is 1.84. The minimum Gasteiger partial charge on any atom is -0.316 e. The molecule has 2 fully saturated rings. The van der Waals surface area contributed by atoms with Gasteiger partial charge in [-0.2, -0.15) is 9.57 Å². The van der Waals surface area contributed by atoms with Gasteiger partial charge in [0.2, 0.25) is 10.0 Å². The van der Waals surface area contributed by atoms with Gasteiger partial charge >= 0.3 is 0 Å². The molecule has 2 unspecified atom stereocenters. The van der Waals surface area contributed by atoms with Crippen LogP contribution in [0.2, 0.25) is 0 Å². The van der Waals surface area contributed by atoms with Crippen LogP contribution in [0.25, 0.3) is 0 Å². The van der Waals surface area contributed by atoms with E-state index < -0.39 is 10.0 Å². The lowest BCUT2D eigenvalue weighted by molar-refractivity contribution is 0.448. The number of nitrogens with one attached hydrogen (secondary N) is 1. The number of hydrogen-bond donors (Lipinski definition) is 1. The maximum Gasteiger partial charge on any atom is 0.243 e. The maximum absolute atomic E-state index is 12.5. The number of sulfonamides is 1. The Morgan fingerprint density at radius 3 is 2.26 bits per heavy atom. The fourth-order valence-corrected chi connectivity index (χ4v) is 4.41. The molecule has 2 aliphatic rings. The van der Waals surface area contributed by atoms with E-state index in [1.54, 1.807) is 16.4 Å². The van der Waals surface area contributed by atoms with Crippen LogP contribution in [-0.4, -0.2) is 38.9 Å². The minimum atomic E-state index is -3.41. The lowest BCUT2D eigenvalue weighted by Crippen LogP contribution is -2.31. The molecule has 2 heterocycles. The molecule has 1 N–H and O–H groups in total. The van der Waals surface area contributed by atoms with Crippen molar-refractivity contribution < 1.29 is 8.42 Å². The first-order chi connectivity index (χ1) is 9.11. The Morgan fingerprint density at radius 1 is 1.16 bits per heavy atom. The molecule has 0 saturated carbocycles. The zero-order valence-electron chi connectivity index (χ0n) is 10.4. The van der Waals surface area contributed by atoms with Crippen molar-refractivity contribution in [1.82, 2.24) is 9.62 Å². The molecule has 0 amide bonds. The van der Waals surface area contributed by atoms with E-state index in [0.717, 1.165) is 13.1 Å². The SMILES string of the molecule is N#Cc1ccc(S(=O)(=O)N2CC3CNCC3C2)cc1. The summed E-state index contributed by atoms with van der Waals surface area (Å²) in [4.78, 5) is 0.277. The van der Waals surface area contributed by atoms with Gasteiger partial charge in [-0.1, -0.05) is 0 Å². The van der Waals surface area contributed by atoms with Crippen LogP contribution in [0.5, 0.6) is 0 Å². The lowest BCUT2D eigenvalue weighted by atomic mass is 10.0. The van der Waals surface area contributed by atoms with Crippen LogP contribution in [0.15, 0.2) is 29.2 Å². The highest BCUT2D eigenvalue weighted by Gasteiger charge is 2.41. The molecule has 5 nitrogen and oxygen atoms in total. The molecule has 1 aromatic carbocycles. The standard InChI is InChI=1S/C13H15N3O2S/c14-5-10-1-3-13(4-2-10)19(17,18)16-8-11-6-15-7-12(11)9-16/h1-4,11-12,15H,6-9H2. The van der Waals surface area contributed by atoms with E-state index in [4.69, 9.17) is 5.26 Å². The predicted molar refractivity (Wildman–Crippen MR) is 69.8 cm³/mol. The van der Waals surface area contributed by atoms with Gasteiger partial charge in [-0.05, 0) is 49.2 Å². The third-order valence-corrected chi connectivity index (χ3v) is 5.82. The first-order valence-electron chi connectivity index (χ1n) is 6.32. The van der Waals surface area contributed by atoms with Crippen LogP contribution >= 0.6 is 0 Å². The van der Waals surface area contributed by atoms with Gasteiger partial charge in [-0.3, -0.25) is 0 Å². The highest BCUT2D eigenvalue weighted by molar-refractivity contribution is 7.89. The third kappa shape index (κ3) is 2.14. The summed E-state index contributed by atoms with van der Waals surface area (Å²) < 4.78 is 26.5. The monoisotopic (exact) mass is 277 g/mol. The summed E-state index contributed by atoms with van der Waals surface area (Å²) in [6.07, 6.45) is 0. The summed E-state index contributed by atoms with van der Waals surface area (Å²) in [6.45, 7) is 3.01. The summed E-state index contributed by atoms with van der Waals surface area (Å²) >= 11 is 0. The van der Waals surface area contributed by atoms with Crippen LogP contribution in [0, 0.1) is 23.2 Å². The molecule has 19 heavy (non-hydrogen) atoms. The van der Waals surface area contributed by atoms with Crippen molar-refractivity contribution in [3.05, 3.63) is 29.8 Å². The first kappa shape index (κ1) is 12.6. The van der Waals surface area contributed by atoms with Crippen molar-refractivity contribution in [2.24, 2.45) is 11.8 Å². The smallest absolute Gasteiger partial charge is 0.243 e. The normalized spacial score (nSPS) is 27.1. The van der Waals surface area contributed by atoms with Gasteiger partial charge < -0.3 is 5.32 Å². The van der Waals surface area contributed by atoms with Gasteiger partial charge in [0.15, 0.2) is 0 Å². The molecule has 1 aromatic rings. The summed E-state index contributed by atoms with van der Waals surface area (Å²) in [7, 11) is -3.41. The lowest BCUT2D eigenvalue weighted by Gasteiger charge is -2.17. The van der Waals surface area contributed by atoms with Crippen molar-refractivity contribution in [3.63, 3.8) is 0 Å². The summed E-state index contributed by atoms with van der Waals surface area (Å²) in [5, 5.41) is 12.0. The number of hydrogen-bond acceptors (Lipinski definition) is 4. The average Bonchev–Trinajstić information content (AvgIpc) is 2.99. The Labute approximate surface area is 112 Å². The van der Waals surface area contributed by atoms with E-state index in [2.05, 4.69) is 5.32 Å². The predicted octanol–water partition coefficient (Wildman–Crippen LogP) is 0.398. The summed E-state index contributed by atoms with van der Waals surface area (Å²) in [5.74, 6) is 0.876. The topological polar surface area (TPSA) is 73.2 Å². The maximum atomic E-state index is 12.5. The van der Waals surface area contributed by atoms with Crippen molar-refractivity contribution in [1.29, 1.82) is 5.26 Å². The minimum absolute atomic E-state index is 0.277. The molecule has 2 aliphatic heterocycles. The second kappa shape index (κ2) is 4.60. The molecular formula is C13H15N3O2S. The van der Waals surface area contributed by atoms with Gasteiger partial charge in [0.05, 0.1) is 16.5 Å². The Kier molecular flexibility index (Phi) is 3.05. The van der Waals surface area contributed by atoms with Crippen LogP contribution in [0.3, 0.4) is 0 Å². The highest BCUT2D eigenvalue weighted by atomic mass is 32.2. The van der Waals surface area contributed by atoms with Gasteiger partial charge in [-0.15, -0.1) is 0 Å². The van der Waals surface area contributed by atoms with Crippen molar-refractivity contribution in [2.45, 2.75) is 4.90 Å². The molecule has 3 rings (SSSR count). The Bertz CT molecular complexity index is 606. The molecule has 6 heteroatoms. The largest absolute Gasteiger partial charge is 0.316 e. The first-order valence-corrected chi connectivity index (χ1v) is 7.76. The molecule has 0 aromatic heterocycles. The van der Waals surface area contributed by atoms with E-state index in [-0.39, 0.29) is 4.90 Å². The van der Waals surface area contributed by atoms with Gasteiger partial charge in [0.25, 0.3) is 0 Å². The van der Waals surface area contributed by atoms with E-state index in [1.807, 2.05) is 6.07 Å². The van der Waals surface area contributed by atoms with E-state index >= 15 is 0 Å². The molecule has 0 radical (unpaired) electrons. The van der Waals surface area contributed by atoms with Crippen LogP contribution < -0.4 is 5.32 Å². The number of nitriles is 1. The second-order valence-electron chi connectivity index (χ2n) is 5.14. The van der Waals surface area contributed by atoms with Crippen molar-refractivity contribution in [3.8, 4) is 6.07 Å². The van der Waals surface area contributed by atoms with Gasteiger partial charge in [0, 0.05) is 13.1 Å². The molecular weight excluding hydrogens is 262 g/mol. The molecule has 0 bridgehead atoms. The van der Waals surface area contributed by atoms with Crippen molar-refractivity contribution in [2.75, 3.05) is 26.2 Å². The summed E-state index contributed by atoms with van der Waals surface area (Å²) in [6, 6.07) is 8.11. The average molecular weight is 277 g/mol. The second-order valence-corrected chi connectivity index (χ2v) is 7.07. The van der Waals surface area contributed by atoms with E-state index in [0.29, 0.717) is 30.5 Å². The van der Waals surface area contributed by atoms with Crippen LogP contribution in [0.4, 0.5) is 0 Å². The molecule has 0 aliphatic carbocycles. The number of nitrogens with zero attached hydrogens (tertiary/aromatic N) is 2. The highest BCUT2D eigenvalue weighted by Crippen LogP contribution is 2.30. The molecule has 0 spiro atoms. The quantitative estimate of drug-likeness (QED) is 0.849. The van der Waals surface area contributed by atoms with Gasteiger partial charge in [-0.25, -0.2) is 8.42 Å². The molecule has 2 atom stereocenters. The fraction of sp³-hybridized carbons (Fsp3) is 0.462. The van der Waals surface area contributed by atoms with Crippen molar-refractivity contribution >= 4 is 10.0 Å². The third-order valence-electron chi connectivity index (χ3n) is 3.98. The number of benzene rings is 1. The molecule has 100 valence electrons. The van der Waals surface area contributed by atoms with Crippen LogP contribution in [-0.2, 0) is 10.0 Å². The zero-order valence-corrected chi connectivity index (χ0v) is 11.2. The summed E-state index contributed by atoms with van der Waals surface area (Å²) in [5.41, 5.74) is 0.474. The van der Waals surface area contributed by atoms with E-state index in [1.165, 1.54) is 12.1 Å². The number of fused-ring (bicyclic) bond motifs is 1.